The van der Waals surface area contributed by atoms with Crippen LogP contribution in [-0.2, 0) is 14.3 Å². The van der Waals surface area contributed by atoms with Crippen molar-refractivity contribution in [2.75, 3.05) is 19.7 Å². The Morgan fingerprint density at radius 2 is 1.61 bits per heavy atom. The van der Waals surface area contributed by atoms with Crippen LogP contribution in [0.15, 0.2) is 54.6 Å². The quantitative estimate of drug-likeness (QED) is 0.773. The number of carbonyl (C=O) groups is 3. The van der Waals surface area contributed by atoms with Crippen LogP contribution >= 0.6 is 0 Å². The lowest BCUT2D eigenvalue weighted by molar-refractivity contribution is -0.137. The van der Waals surface area contributed by atoms with E-state index in [1.165, 1.54) is 0 Å². The van der Waals surface area contributed by atoms with E-state index in [1.807, 2.05) is 18.2 Å². The zero-order valence-electron chi connectivity index (χ0n) is 15.4. The molecule has 0 aliphatic carbocycles. The number of benzene rings is 2. The molecule has 3 rings (SSSR count). The van der Waals surface area contributed by atoms with E-state index in [2.05, 4.69) is 0 Å². The Hall–Kier alpha value is -3.35. The van der Waals surface area contributed by atoms with Crippen molar-refractivity contribution in [1.29, 1.82) is 0 Å². The maximum Gasteiger partial charge on any atom is 0.342 e. The van der Waals surface area contributed by atoms with Gasteiger partial charge in [-0.2, -0.15) is 0 Å². The van der Waals surface area contributed by atoms with Crippen molar-refractivity contribution in [3.8, 4) is 11.5 Å². The fraction of sp³-hybridized carbons (Fsp3) is 0.286. The third kappa shape index (κ3) is 4.88. The monoisotopic (exact) mass is 382 g/mol. The van der Waals surface area contributed by atoms with Crippen molar-refractivity contribution < 1.29 is 23.9 Å². The molecule has 1 saturated heterocycles. The Bertz CT molecular complexity index is 845. The van der Waals surface area contributed by atoms with Gasteiger partial charge in [0.2, 0.25) is 5.91 Å². The Balaban J connectivity index is 1.57. The number of amides is 2. The van der Waals surface area contributed by atoms with Gasteiger partial charge in [-0.05, 0) is 37.1 Å². The van der Waals surface area contributed by atoms with Crippen LogP contribution in [0.3, 0.4) is 0 Å². The first-order chi connectivity index (χ1) is 13.5. The molecular formula is C21H22N2O5. The van der Waals surface area contributed by atoms with E-state index in [0.717, 1.165) is 0 Å². The number of primary amides is 1. The number of carbonyl (C=O) groups excluding carboxylic acids is 3. The minimum Gasteiger partial charge on any atom is -0.456 e. The normalized spacial score (nSPS) is 14.4. The summed E-state index contributed by atoms with van der Waals surface area (Å²) in [6, 6.07) is 15.8. The molecule has 1 heterocycles. The van der Waals surface area contributed by atoms with Gasteiger partial charge in [0.1, 0.15) is 17.1 Å². The molecule has 2 aromatic rings. The van der Waals surface area contributed by atoms with E-state index in [0.29, 0.717) is 37.4 Å². The van der Waals surface area contributed by atoms with E-state index < -0.39 is 5.97 Å². The van der Waals surface area contributed by atoms with E-state index in [1.54, 1.807) is 41.3 Å². The van der Waals surface area contributed by atoms with Crippen LogP contribution in [0.5, 0.6) is 11.5 Å². The number of ether oxygens (including phenoxy) is 2. The number of esters is 1. The minimum absolute atomic E-state index is 0.200. The van der Waals surface area contributed by atoms with Gasteiger partial charge >= 0.3 is 5.97 Å². The van der Waals surface area contributed by atoms with Crippen LogP contribution in [0.2, 0.25) is 0 Å². The molecule has 1 aliphatic rings. The number of likely N-dealkylation sites (tertiary alicyclic amines) is 1. The zero-order valence-corrected chi connectivity index (χ0v) is 15.4. The van der Waals surface area contributed by atoms with Crippen molar-refractivity contribution >= 4 is 17.8 Å². The van der Waals surface area contributed by atoms with E-state index in [9.17, 15) is 14.4 Å². The van der Waals surface area contributed by atoms with Gasteiger partial charge in [-0.3, -0.25) is 9.59 Å². The maximum absolute atomic E-state index is 12.5. The van der Waals surface area contributed by atoms with E-state index >= 15 is 0 Å². The average molecular weight is 382 g/mol. The topological polar surface area (TPSA) is 98.9 Å². The first-order valence-electron chi connectivity index (χ1n) is 9.10. The Kier molecular flexibility index (Phi) is 6.26. The fourth-order valence-electron chi connectivity index (χ4n) is 3.05. The van der Waals surface area contributed by atoms with Crippen LogP contribution in [0.4, 0.5) is 0 Å². The molecule has 1 fully saturated rings. The highest BCUT2D eigenvalue weighted by Gasteiger charge is 2.26. The first-order valence-corrected chi connectivity index (χ1v) is 9.10. The number of rotatable bonds is 6. The summed E-state index contributed by atoms with van der Waals surface area (Å²) in [4.78, 5) is 37.5. The van der Waals surface area contributed by atoms with Crippen molar-refractivity contribution in [1.82, 2.24) is 4.90 Å². The number of hydrogen-bond acceptors (Lipinski definition) is 5. The number of nitrogens with zero attached hydrogens (tertiary/aromatic N) is 1. The molecule has 0 aromatic heterocycles. The summed E-state index contributed by atoms with van der Waals surface area (Å²) in [7, 11) is 0. The van der Waals surface area contributed by atoms with Gasteiger partial charge in [0.25, 0.3) is 5.91 Å². The Morgan fingerprint density at radius 1 is 0.964 bits per heavy atom. The highest BCUT2D eigenvalue weighted by atomic mass is 16.5. The fourth-order valence-corrected chi connectivity index (χ4v) is 3.05. The van der Waals surface area contributed by atoms with Gasteiger partial charge in [-0.1, -0.05) is 30.3 Å². The second-order valence-corrected chi connectivity index (χ2v) is 6.54. The van der Waals surface area contributed by atoms with Crippen LogP contribution in [0, 0.1) is 5.92 Å². The first kappa shape index (κ1) is 19.4. The summed E-state index contributed by atoms with van der Waals surface area (Å²) in [5.74, 6) is -0.517. The maximum atomic E-state index is 12.5. The molecule has 2 amide bonds. The van der Waals surface area contributed by atoms with Crippen molar-refractivity contribution in [2.45, 2.75) is 12.8 Å². The molecule has 0 unspecified atom stereocenters. The predicted octanol–water partition coefficient (Wildman–Crippen LogP) is 2.36. The number of para-hydroxylation sites is 2. The van der Waals surface area contributed by atoms with Crippen molar-refractivity contribution in [2.24, 2.45) is 11.7 Å². The summed E-state index contributed by atoms with van der Waals surface area (Å²) in [5.41, 5.74) is 5.54. The lowest BCUT2D eigenvalue weighted by atomic mass is 9.96. The standard InChI is InChI=1S/C21H22N2O5/c22-20(25)15-10-12-23(13-11-15)19(24)14-27-21(26)17-8-4-5-9-18(17)28-16-6-2-1-3-7-16/h1-9,15H,10-14H2,(H2,22,25). The highest BCUT2D eigenvalue weighted by Crippen LogP contribution is 2.25. The molecule has 0 radical (unpaired) electrons. The molecular weight excluding hydrogens is 360 g/mol. The molecule has 1 aliphatic heterocycles. The highest BCUT2D eigenvalue weighted by molar-refractivity contribution is 5.94. The smallest absolute Gasteiger partial charge is 0.342 e. The van der Waals surface area contributed by atoms with Crippen molar-refractivity contribution in [3.63, 3.8) is 0 Å². The van der Waals surface area contributed by atoms with E-state index in [-0.39, 0.29) is 29.9 Å². The molecule has 2 N–H and O–H groups in total. The van der Waals surface area contributed by atoms with Gasteiger partial charge in [0, 0.05) is 19.0 Å². The summed E-state index contributed by atoms with van der Waals surface area (Å²) >= 11 is 0. The number of piperidine rings is 1. The minimum atomic E-state index is -0.632. The van der Waals surface area contributed by atoms with Gasteiger partial charge in [0.05, 0.1) is 0 Å². The second-order valence-electron chi connectivity index (χ2n) is 6.54. The predicted molar refractivity (Wildman–Crippen MR) is 102 cm³/mol. The summed E-state index contributed by atoms with van der Waals surface area (Å²) in [5, 5.41) is 0. The zero-order chi connectivity index (χ0) is 19.9. The van der Waals surface area contributed by atoms with Crippen molar-refractivity contribution in [3.05, 3.63) is 60.2 Å². The lowest BCUT2D eigenvalue weighted by Crippen LogP contribution is -2.43. The molecule has 7 heteroatoms. The Labute approximate surface area is 163 Å². The van der Waals surface area contributed by atoms with Gasteiger partial charge < -0.3 is 20.1 Å². The molecule has 2 aromatic carbocycles. The summed E-state index contributed by atoms with van der Waals surface area (Å²) in [6.45, 7) is 0.495. The van der Waals surface area contributed by atoms with Gasteiger partial charge in [-0.15, -0.1) is 0 Å². The number of hydrogen-bond donors (Lipinski definition) is 1. The molecule has 0 atom stereocenters. The van der Waals surface area contributed by atoms with Gasteiger partial charge in [-0.25, -0.2) is 4.79 Å². The number of nitrogens with two attached hydrogens (primary N) is 1. The third-order valence-corrected chi connectivity index (χ3v) is 4.65. The second kappa shape index (κ2) is 9.03. The lowest BCUT2D eigenvalue weighted by Gasteiger charge is -2.30. The average Bonchev–Trinajstić information content (AvgIpc) is 2.73. The summed E-state index contributed by atoms with van der Waals surface area (Å²) < 4.78 is 10.9. The third-order valence-electron chi connectivity index (χ3n) is 4.65. The van der Waals surface area contributed by atoms with Crippen LogP contribution in [-0.4, -0.2) is 42.4 Å². The molecule has 7 nitrogen and oxygen atoms in total. The van der Waals surface area contributed by atoms with Crippen LogP contribution < -0.4 is 10.5 Å². The van der Waals surface area contributed by atoms with Crippen LogP contribution in [0.1, 0.15) is 23.2 Å². The van der Waals surface area contributed by atoms with E-state index in [4.69, 9.17) is 15.2 Å². The van der Waals surface area contributed by atoms with Gasteiger partial charge in [0.15, 0.2) is 6.61 Å². The molecule has 0 saturated carbocycles. The Morgan fingerprint density at radius 3 is 2.29 bits per heavy atom. The van der Waals surface area contributed by atoms with Crippen LogP contribution in [0.25, 0.3) is 0 Å². The summed E-state index contributed by atoms with van der Waals surface area (Å²) in [6.07, 6.45) is 1.06. The molecule has 0 bridgehead atoms. The SMILES string of the molecule is NC(=O)C1CCN(C(=O)COC(=O)c2ccccc2Oc2ccccc2)CC1. The molecule has 0 spiro atoms. The molecule has 146 valence electrons. The largest absolute Gasteiger partial charge is 0.456 e. The molecule has 28 heavy (non-hydrogen) atoms.